The van der Waals surface area contributed by atoms with E-state index >= 15 is 0 Å². The fraction of sp³-hybridized carbons (Fsp3) is 0.182. The van der Waals surface area contributed by atoms with Crippen molar-refractivity contribution in [2.45, 2.75) is 39.4 Å². The minimum Gasteiger partial charge on any atom is -0.349 e. The zero-order valence-corrected chi connectivity index (χ0v) is 22.2. The average Bonchev–Trinajstić information content (AvgIpc) is 3.30. The number of benzene rings is 4. The second kappa shape index (κ2) is 11.8. The highest BCUT2D eigenvalue weighted by atomic mass is 16.2. The molecule has 0 fully saturated rings. The van der Waals surface area contributed by atoms with Crippen LogP contribution < -0.4 is 10.2 Å². The van der Waals surface area contributed by atoms with Gasteiger partial charge in [0.1, 0.15) is 12.4 Å². The standard InChI is InChI=1S/C33H32N4O2/c1-24(2)37(28-13-7-4-8-14-28)33(39)23-36-30-16-10-9-15-29(30)35-31(36)22-34-32(38)21-25-17-19-27(20-18-25)26-11-5-3-6-12-26/h3-20,24H,21-23H2,1-2H3,(H,34,38). The molecule has 1 heterocycles. The van der Waals surface area contributed by atoms with Gasteiger partial charge in [-0.25, -0.2) is 4.98 Å². The van der Waals surface area contributed by atoms with Gasteiger partial charge in [-0.05, 0) is 54.8 Å². The van der Waals surface area contributed by atoms with Crippen LogP contribution in [-0.4, -0.2) is 27.4 Å². The number of carbonyl (C=O) groups excluding carboxylic acids is 2. The summed E-state index contributed by atoms with van der Waals surface area (Å²) in [5, 5.41) is 3.00. The fourth-order valence-corrected chi connectivity index (χ4v) is 4.84. The van der Waals surface area contributed by atoms with Crippen molar-refractivity contribution in [3.63, 3.8) is 0 Å². The van der Waals surface area contributed by atoms with Gasteiger partial charge in [-0.1, -0.05) is 84.9 Å². The van der Waals surface area contributed by atoms with Crippen molar-refractivity contribution in [3.05, 3.63) is 121 Å². The van der Waals surface area contributed by atoms with Crippen LogP contribution in [0, 0.1) is 0 Å². The van der Waals surface area contributed by atoms with Crippen molar-refractivity contribution in [1.82, 2.24) is 14.9 Å². The number of rotatable bonds is 9. The Morgan fingerprint density at radius 3 is 2.10 bits per heavy atom. The highest BCUT2D eigenvalue weighted by Gasteiger charge is 2.22. The molecule has 0 radical (unpaired) electrons. The van der Waals surface area contributed by atoms with Crippen LogP contribution in [0.4, 0.5) is 5.69 Å². The van der Waals surface area contributed by atoms with Crippen LogP contribution in [0.2, 0.25) is 0 Å². The summed E-state index contributed by atoms with van der Waals surface area (Å²) >= 11 is 0. The lowest BCUT2D eigenvalue weighted by atomic mass is 10.0. The van der Waals surface area contributed by atoms with Gasteiger partial charge < -0.3 is 14.8 Å². The number of carbonyl (C=O) groups is 2. The van der Waals surface area contributed by atoms with Gasteiger partial charge in [-0.15, -0.1) is 0 Å². The summed E-state index contributed by atoms with van der Waals surface area (Å²) in [5.41, 5.74) is 5.71. The first-order chi connectivity index (χ1) is 19.0. The molecule has 5 aromatic rings. The molecule has 0 saturated carbocycles. The molecule has 1 N–H and O–H groups in total. The van der Waals surface area contributed by atoms with E-state index in [-0.39, 0.29) is 37.4 Å². The fourth-order valence-electron chi connectivity index (χ4n) is 4.84. The molecule has 6 heteroatoms. The Bertz CT molecular complexity index is 1560. The molecule has 2 amide bonds. The molecule has 0 atom stereocenters. The topological polar surface area (TPSA) is 67.2 Å². The first kappa shape index (κ1) is 25.9. The van der Waals surface area contributed by atoms with Crippen LogP contribution in [-0.2, 0) is 29.1 Å². The van der Waals surface area contributed by atoms with Gasteiger partial charge in [0, 0.05) is 11.7 Å². The number of nitrogens with one attached hydrogen (secondary N) is 1. The van der Waals surface area contributed by atoms with Crippen molar-refractivity contribution >= 4 is 28.5 Å². The predicted octanol–water partition coefficient (Wildman–Crippen LogP) is 6.00. The van der Waals surface area contributed by atoms with E-state index in [2.05, 4.69) is 17.4 Å². The van der Waals surface area contributed by atoms with Gasteiger partial charge in [0.15, 0.2) is 0 Å². The molecule has 4 aromatic carbocycles. The summed E-state index contributed by atoms with van der Waals surface area (Å²) in [6, 6.07) is 35.6. The van der Waals surface area contributed by atoms with Crippen LogP contribution in [0.15, 0.2) is 109 Å². The first-order valence-corrected chi connectivity index (χ1v) is 13.2. The van der Waals surface area contributed by atoms with E-state index in [1.165, 1.54) is 0 Å². The minimum atomic E-state index is -0.0968. The van der Waals surface area contributed by atoms with Crippen molar-refractivity contribution in [2.24, 2.45) is 0 Å². The van der Waals surface area contributed by atoms with Crippen molar-refractivity contribution in [1.29, 1.82) is 0 Å². The van der Waals surface area contributed by atoms with E-state index < -0.39 is 0 Å². The van der Waals surface area contributed by atoms with Gasteiger partial charge in [0.25, 0.3) is 0 Å². The first-order valence-electron chi connectivity index (χ1n) is 13.2. The molecule has 0 aliphatic carbocycles. The molecular formula is C33H32N4O2. The van der Waals surface area contributed by atoms with Crippen molar-refractivity contribution < 1.29 is 9.59 Å². The molecule has 0 aliphatic rings. The maximum absolute atomic E-state index is 13.5. The molecule has 5 rings (SSSR count). The van der Waals surface area contributed by atoms with Gasteiger partial charge in [-0.2, -0.15) is 0 Å². The molecule has 0 saturated heterocycles. The Balaban J connectivity index is 1.30. The number of hydrogen-bond donors (Lipinski definition) is 1. The summed E-state index contributed by atoms with van der Waals surface area (Å²) in [4.78, 5) is 32.9. The molecule has 1 aromatic heterocycles. The summed E-state index contributed by atoms with van der Waals surface area (Å²) in [6.07, 6.45) is 0.267. The summed E-state index contributed by atoms with van der Waals surface area (Å²) in [5.74, 6) is 0.514. The lowest BCUT2D eigenvalue weighted by molar-refractivity contribution is -0.120. The molecule has 0 aliphatic heterocycles. The maximum atomic E-state index is 13.5. The molecular weight excluding hydrogens is 484 g/mol. The number of anilines is 1. The van der Waals surface area contributed by atoms with E-state index in [0.29, 0.717) is 5.82 Å². The molecule has 6 nitrogen and oxygen atoms in total. The van der Waals surface area contributed by atoms with Crippen molar-refractivity contribution in [3.8, 4) is 11.1 Å². The Morgan fingerprint density at radius 2 is 1.41 bits per heavy atom. The van der Waals surface area contributed by atoms with Gasteiger partial charge in [-0.3, -0.25) is 9.59 Å². The van der Waals surface area contributed by atoms with E-state index in [1.54, 1.807) is 4.90 Å². The third-order valence-electron chi connectivity index (χ3n) is 6.72. The quantitative estimate of drug-likeness (QED) is 0.261. The number of amides is 2. The van der Waals surface area contributed by atoms with Crippen LogP contribution in [0.5, 0.6) is 0 Å². The van der Waals surface area contributed by atoms with E-state index in [0.717, 1.165) is 33.4 Å². The van der Waals surface area contributed by atoms with Crippen LogP contribution in [0.25, 0.3) is 22.2 Å². The highest BCUT2D eigenvalue weighted by Crippen LogP contribution is 2.21. The predicted molar refractivity (Wildman–Crippen MR) is 156 cm³/mol. The average molecular weight is 517 g/mol. The van der Waals surface area contributed by atoms with E-state index in [1.807, 2.05) is 115 Å². The largest absolute Gasteiger partial charge is 0.349 e. The zero-order chi connectivity index (χ0) is 27.2. The number of imidazole rings is 1. The van der Waals surface area contributed by atoms with Crippen LogP contribution >= 0.6 is 0 Å². The third kappa shape index (κ3) is 6.07. The van der Waals surface area contributed by atoms with Crippen LogP contribution in [0.1, 0.15) is 25.2 Å². The Morgan fingerprint density at radius 1 is 0.795 bits per heavy atom. The van der Waals surface area contributed by atoms with E-state index in [9.17, 15) is 9.59 Å². The number of hydrogen-bond acceptors (Lipinski definition) is 3. The Labute approximate surface area is 228 Å². The monoisotopic (exact) mass is 516 g/mol. The smallest absolute Gasteiger partial charge is 0.247 e. The zero-order valence-electron chi connectivity index (χ0n) is 22.2. The second-order valence-electron chi connectivity index (χ2n) is 9.81. The lowest BCUT2D eigenvalue weighted by Gasteiger charge is -2.27. The molecule has 0 unspecified atom stereocenters. The van der Waals surface area contributed by atoms with Gasteiger partial charge >= 0.3 is 0 Å². The van der Waals surface area contributed by atoms with Crippen LogP contribution in [0.3, 0.4) is 0 Å². The molecule has 0 spiro atoms. The number of para-hydroxylation sites is 3. The van der Waals surface area contributed by atoms with Crippen molar-refractivity contribution in [2.75, 3.05) is 4.90 Å². The minimum absolute atomic E-state index is 0.00822. The van der Waals surface area contributed by atoms with Gasteiger partial charge in [0.2, 0.25) is 11.8 Å². The normalized spacial score (nSPS) is 11.1. The summed E-state index contributed by atoms with van der Waals surface area (Å²) in [6.45, 7) is 4.37. The Kier molecular flexibility index (Phi) is 7.83. The third-order valence-corrected chi connectivity index (χ3v) is 6.72. The Hall–Kier alpha value is -4.71. The number of fused-ring (bicyclic) bond motifs is 1. The SMILES string of the molecule is CC(C)N(C(=O)Cn1c(CNC(=O)Cc2ccc(-c3ccccc3)cc2)nc2ccccc21)c1ccccc1. The van der Waals surface area contributed by atoms with E-state index in [4.69, 9.17) is 4.98 Å². The second-order valence-corrected chi connectivity index (χ2v) is 9.81. The number of nitrogens with zero attached hydrogens (tertiary/aromatic N) is 3. The summed E-state index contributed by atoms with van der Waals surface area (Å²) < 4.78 is 1.91. The highest BCUT2D eigenvalue weighted by molar-refractivity contribution is 5.94. The molecule has 196 valence electrons. The van der Waals surface area contributed by atoms with Gasteiger partial charge in [0.05, 0.1) is 24.0 Å². The molecule has 0 bridgehead atoms. The maximum Gasteiger partial charge on any atom is 0.247 e. The summed E-state index contributed by atoms with van der Waals surface area (Å²) in [7, 11) is 0. The lowest BCUT2D eigenvalue weighted by Crippen LogP contribution is -2.39. The molecule has 39 heavy (non-hydrogen) atoms. The number of aromatic nitrogens is 2.